The van der Waals surface area contributed by atoms with Crippen LogP contribution in [0.3, 0.4) is 0 Å². The van der Waals surface area contributed by atoms with Gasteiger partial charge in [-0.2, -0.15) is 0 Å². The maximum atomic E-state index is 14.0. The molecule has 0 bridgehead atoms. The summed E-state index contributed by atoms with van der Waals surface area (Å²) < 4.78 is 28.8. The van der Waals surface area contributed by atoms with Crippen LogP contribution in [-0.2, 0) is 26.0 Å². The van der Waals surface area contributed by atoms with Crippen LogP contribution in [0, 0.1) is 6.92 Å². The number of benzene rings is 3. The number of nitrogens with zero attached hydrogens (tertiary/aromatic N) is 2. The molecular formula is C31H36ClN3O4S. The lowest BCUT2D eigenvalue weighted by atomic mass is 10.1. The van der Waals surface area contributed by atoms with Gasteiger partial charge in [-0.1, -0.05) is 66.9 Å². The molecule has 40 heavy (non-hydrogen) atoms. The molecule has 1 atom stereocenters. The minimum Gasteiger partial charge on any atom is -0.352 e. The number of carbonyl (C=O) groups is 2. The number of carbonyl (C=O) groups excluding carboxylic acids is 2. The zero-order chi connectivity index (χ0) is 28.7. The van der Waals surface area contributed by atoms with Gasteiger partial charge in [0.05, 0.1) is 10.6 Å². The molecule has 1 saturated carbocycles. The summed E-state index contributed by atoms with van der Waals surface area (Å²) in [5.74, 6) is -0.681. The van der Waals surface area contributed by atoms with Crippen molar-refractivity contribution < 1.29 is 18.0 Å². The predicted molar refractivity (Wildman–Crippen MR) is 159 cm³/mol. The third-order valence-electron chi connectivity index (χ3n) is 7.32. The highest BCUT2D eigenvalue weighted by molar-refractivity contribution is 7.92. The normalized spacial score (nSPS) is 14.5. The lowest BCUT2D eigenvalue weighted by molar-refractivity contribution is -0.139. The van der Waals surface area contributed by atoms with Gasteiger partial charge in [0.25, 0.3) is 10.0 Å². The number of hydrogen-bond donors (Lipinski definition) is 1. The number of aryl methyl sites for hydroxylation is 1. The SMILES string of the molecule is Cc1cccc(N(CC(=O)N(CCc2ccccc2)[C@H](C)C(=O)NC2CCCC2)S(=O)(=O)c2ccc(Cl)cc2)c1. The molecule has 0 spiro atoms. The van der Waals surface area contributed by atoms with Crippen LogP contribution in [0.15, 0.2) is 83.8 Å². The average molecular weight is 582 g/mol. The van der Waals surface area contributed by atoms with Gasteiger partial charge in [0.2, 0.25) is 11.8 Å². The van der Waals surface area contributed by atoms with Crippen LogP contribution >= 0.6 is 11.6 Å². The van der Waals surface area contributed by atoms with E-state index in [9.17, 15) is 18.0 Å². The zero-order valence-corrected chi connectivity index (χ0v) is 24.5. The Morgan fingerprint density at radius 1 is 0.975 bits per heavy atom. The van der Waals surface area contributed by atoms with E-state index in [2.05, 4.69) is 5.32 Å². The van der Waals surface area contributed by atoms with Gasteiger partial charge in [0.15, 0.2) is 0 Å². The van der Waals surface area contributed by atoms with Crippen molar-refractivity contribution in [3.05, 3.63) is 95.0 Å². The molecule has 0 unspecified atom stereocenters. The largest absolute Gasteiger partial charge is 0.352 e. The first-order valence-electron chi connectivity index (χ1n) is 13.6. The lowest BCUT2D eigenvalue weighted by Crippen LogP contribution is -2.53. The van der Waals surface area contributed by atoms with Crippen molar-refractivity contribution in [2.24, 2.45) is 0 Å². The fraction of sp³-hybridized carbons (Fsp3) is 0.355. The van der Waals surface area contributed by atoms with Gasteiger partial charge < -0.3 is 10.2 Å². The molecular weight excluding hydrogens is 546 g/mol. The number of nitrogens with one attached hydrogen (secondary N) is 1. The summed E-state index contributed by atoms with van der Waals surface area (Å²) in [5, 5.41) is 3.50. The van der Waals surface area contributed by atoms with E-state index in [1.807, 2.05) is 43.3 Å². The Morgan fingerprint density at radius 2 is 1.65 bits per heavy atom. The van der Waals surface area contributed by atoms with E-state index in [-0.39, 0.29) is 23.4 Å². The maximum Gasteiger partial charge on any atom is 0.264 e. The Hall–Kier alpha value is -3.36. The summed E-state index contributed by atoms with van der Waals surface area (Å²) in [5.41, 5.74) is 2.24. The van der Waals surface area contributed by atoms with E-state index in [0.717, 1.165) is 41.1 Å². The zero-order valence-electron chi connectivity index (χ0n) is 22.9. The van der Waals surface area contributed by atoms with E-state index in [0.29, 0.717) is 17.1 Å². The highest BCUT2D eigenvalue weighted by Gasteiger charge is 2.33. The number of sulfonamides is 1. The molecule has 0 aromatic heterocycles. The molecule has 1 N–H and O–H groups in total. The van der Waals surface area contributed by atoms with Crippen molar-refractivity contribution in [2.75, 3.05) is 17.4 Å². The van der Waals surface area contributed by atoms with Crippen LogP contribution < -0.4 is 9.62 Å². The molecule has 1 aliphatic carbocycles. The van der Waals surface area contributed by atoms with Crippen molar-refractivity contribution >= 4 is 39.1 Å². The molecule has 3 aromatic carbocycles. The van der Waals surface area contributed by atoms with Gasteiger partial charge in [-0.05, 0) is 80.6 Å². The molecule has 1 aliphatic rings. The number of rotatable bonds is 11. The highest BCUT2D eigenvalue weighted by atomic mass is 35.5. The van der Waals surface area contributed by atoms with E-state index in [1.54, 1.807) is 25.1 Å². The second-order valence-electron chi connectivity index (χ2n) is 10.3. The number of amides is 2. The van der Waals surface area contributed by atoms with Crippen LogP contribution in [0.4, 0.5) is 5.69 Å². The van der Waals surface area contributed by atoms with Gasteiger partial charge >= 0.3 is 0 Å². The van der Waals surface area contributed by atoms with Crippen LogP contribution in [0.5, 0.6) is 0 Å². The van der Waals surface area contributed by atoms with Crippen molar-refractivity contribution in [3.63, 3.8) is 0 Å². The summed E-state index contributed by atoms with van der Waals surface area (Å²) in [6, 6.07) is 21.9. The summed E-state index contributed by atoms with van der Waals surface area (Å²) in [4.78, 5) is 28.7. The maximum absolute atomic E-state index is 14.0. The third-order valence-corrected chi connectivity index (χ3v) is 9.36. The van der Waals surface area contributed by atoms with Gasteiger partial charge in [0, 0.05) is 17.6 Å². The summed E-state index contributed by atoms with van der Waals surface area (Å²) >= 11 is 6.01. The fourth-order valence-corrected chi connectivity index (χ4v) is 6.54. The molecule has 7 nitrogen and oxygen atoms in total. The molecule has 212 valence electrons. The lowest BCUT2D eigenvalue weighted by Gasteiger charge is -2.32. The number of anilines is 1. The first kappa shape index (κ1) is 29.6. The summed E-state index contributed by atoms with van der Waals surface area (Å²) in [6.45, 7) is 3.38. The Bertz CT molecular complexity index is 1410. The number of hydrogen-bond acceptors (Lipinski definition) is 4. The molecule has 1 fully saturated rings. The first-order chi connectivity index (χ1) is 19.1. The van der Waals surface area contributed by atoms with E-state index in [1.165, 1.54) is 29.2 Å². The highest BCUT2D eigenvalue weighted by Crippen LogP contribution is 2.26. The first-order valence-corrected chi connectivity index (χ1v) is 15.5. The summed E-state index contributed by atoms with van der Waals surface area (Å²) in [7, 11) is -4.12. The van der Waals surface area contributed by atoms with Crippen LogP contribution in [0.2, 0.25) is 5.02 Å². The smallest absolute Gasteiger partial charge is 0.264 e. The minimum absolute atomic E-state index is 0.0223. The Labute approximate surface area is 242 Å². The summed E-state index contributed by atoms with van der Waals surface area (Å²) in [6.07, 6.45) is 4.53. The topological polar surface area (TPSA) is 86.8 Å². The van der Waals surface area contributed by atoms with Crippen LogP contribution in [0.1, 0.15) is 43.7 Å². The van der Waals surface area contributed by atoms with Crippen molar-refractivity contribution in [1.29, 1.82) is 0 Å². The van der Waals surface area contributed by atoms with E-state index < -0.39 is 28.5 Å². The van der Waals surface area contributed by atoms with E-state index in [4.69, 9.17) is 11.6 Å². The van der Waals surface area contributed by atoms with Crippen LogP contribution in [0.25, 0.3) is 0 Å². The van der Waals surface area contributed by atoms with Gasteiger partial charge in [-0.25, -0.2) is 8.42 Å². The molecule has 0 aliphatic heterocycles. The molecule has 2 amide bonds. The molecule has 3 aromatic rings. The quantitative estimate of drug-likeness (QED) is 0.330. The molecule has 0 heterocycles. The standard InChI is InChI=1S/C31H36ClN3O4S/c1-23-9-8-14-28(21-23)35(40(38,39)29-17-15-26(32)16-18-29)22-30(36)34(20-19-25-10-4-3-5-11-25)24(2)31(37)33-27-12-6-7-13-27/h3-5,8-11,14-18,21,24,27H,6-7,12-13,19-20,22H2,1-2H3,(H,33,37)/t24-/m1/s1. The number of halogens is 1. The average Bonchev–Trinajstić information content (AvgIpc) is 3.45. The van der Waals surface area contributed by atoms with E-state index >= 15 is 0 Å². The van der Waals surface area contributed by atoms with Gasteiger partial charge in [0.1, 0.15) is 12.6 Å². The third kappa shape index (κ3) is 7.43. The Morgan fingerprint density at radius 3 is 2.30 bits per heavy atom. The molecule has 0 saturated heterocycles. The van der Waals surface area contributed by atoms with Crippen molar-refractivity contribution in [3.8, 4) is 0 Å². The fourth-order valence-electron chi connectivity index (χ4n) is 5.01. The van der Waals surface area contributed by atoms with Gasteiger partial charge in [-0.15, -0.1) is 0 Å². The molecule has 9 heteroatoms. The molecule has 0 radical (unpaired) electrons. The van der Waals surface area contributed by atoms with Crippen molar-refractivity contribution in [1.82, 2.24) is 10.2 Å². The minimum atomic E-state index is -4.12. The second-order valence-corrected chi connectivity index (χ2v) is 12.6. The Kier molecular flexibility index (Phi) is 9.87. The second kappa shape index (κ2) is 13.3. The molecule has 4 rings (SSSR count). The van der Waals surface area contributed by atoms with Crippen molar-refractivity contribution in [2.45, 2.75) is 62.9 Å². The van der Waals surface area contributed by atoms with Gasteiger partial charge in [-0.3, -0.25) is 13.9 Å². The monoisotopic (exact) mass is 581 g/mol. The van der Waals surface area contributed by atoms with Crippen LogP contribution in [-0.4, -0.2) is 50.3 Å². The predicted octanol–water partition coefficient (Wildman–Crippen LogP) is 5.36. The Balaban J connectivity index is 1.64.